The standard InChI is InChI=1S/C14H24N4/c1-11(2)13(18-8-4-5-9-18)10-16-14-6-7-15-12(3)17-14/h6-7,11,13H,4-5,8-10H2,1-3H3,(H,15,16,17). The first-order valence-electron chi connectivity index (χ1n) is 6.94. The third-order valence-corrected chi connectivity index (χ3v) is 3.65. The third-order valence-electron chi connectivity index (χ3n) is 3.65. The fraction of sp³-hybridized carbons (Fsp3) is 0.714. The SMILES string of the molecule is Cc1nccc(NCC(C(C)C)N2CCCC2)n1. The van der Waals surface area contributed by atoms with Gasteiger partial charge in [-0.25, -0.2) is 9.97 Å². The van der Waals surface area contributed by atoms with Crippen LogP contribution < -0.4 is 5.32 Å². The fourth-order valence-electron chi connectivity index (χ4n) is 2.62. The molecule has 1 saturated heterocycles. The van der Waals surface area contributed by atoms with Crippen LogP contribution in [0.5, 0.6) is 0 Å². The minimum atomic E-state index is 0.600. The zero-order valence-electron chi connectivity index (χ0n) is 11.7. The van der Waals surface area contributed by atoms with E-state index in [1.54, 1.807) is 0 Å². The topological polar surface area (TPSA) is 41.1 Å². The second-order valence-corrected chi connectivity index (χ2v) is 5.42. The van der Waals surface area contributed by atoms with Crippen molar-refractivity contribution in [2.24, 2.45) is 5.92 Å². The van der Waals surface area contributed by atoms with Gasteiger partial charge in [-0.1, -0.05) is 13.8 Å². The summed E-state index contributed by atoms with van der Waals surface area (Å²) >= 11 is 0. The molecule has 100 valence electrons. The quantitative estimate of drug-likeness (QED) is 0.868. The molecule has 1 aromatic rings. The van der Waals surface area contributed by atoms with Gasteiger partial charge in [0.05, 0.1) is 0 Å². The predicted molar refractivity (Wildman–Crippen MR) is 74.7 cm³/mol. The van der Waals surface area contributed by atoms with Crippen LogP contribution in [-0.4, -0.2) is 40.5 Å². The summed E-state index contributed by atoms with van der Waals surface area (Å²) in [5, 5.41) is 3.45. The normalized spacial score (nSPS) is 18.2. The molecule has 4 heteroatoms. The average Bonchev–Trinajstić information content (AvgIpc) is 2.82. The van der Waals surface area contributed by atoms with E-state index in [0.717, 1.165) is 18.2 Å². The average molecular weight is 248 g/mol. The Hall–Kier alpha value is -1.16. The van der Waals surface area contributed by atoms with Crippen molar-refractivity contribution in [3.05, 3.63) is 18.1 Å². The molecule has 4 nitrogen and oxygen atoms in total. The number of nitrogens with zero attached hydrogens (tertiary/aromatic N) is 3. The van der Waals surface area contributed by atoms with Crippen molar-refractivity contribution in [1.29, 1.82) is 0 Å². The van der Waals surface area contributed by atoms with Crippen LogP contribution in [0.4, 0.5) is 5.82 Å². The lowest BCUT2D eigenvalue weighted by molar-refractivity contribution is 0.201. The molecule has 1 aliphatic rings. The highest BCUT2D eigenvalue weighted by Crippen LogP contribution is 2.18. The molecule has 0 bridgehead atoms. The van der Waals surface area contributed by atoms with Gasteiger partial charge in [-0.05, 0) is 44.8 Å². The van der Waals surface area contributed by atoms with E-state index in [9.17, 15) is 0 Å². The zero-order chi connectivity index (χ0) is 13.0. The van der Waals surface area contributed by atoms with Gasteiger partial charge in [0.25, 0.3) is 0 Å². The maximum Gasteiger partial charge on any atom is 0.129 e. The minimum absolute atomic E-state index is 0.600. The van der Waals surface area contributed by atoms with E-state index in [2.05, 4.69) is 34.0 Å². The van der Waals surface area contributed by atoms with Crippen LogP contribution in [-0.2, 0) is 0 Å². The highest BCUT2D eigenvalue weighted by Gasteiger charge is 2.24. The van der Waals surface area contributed by atoms with E-state index in [-0.39, 0.29) is 0 Å². The zero-order valence-corrected chi connectivity index (χ0v) is 11.7. The number of nitrogens with one attached hydrogen (secondary N) is 1. The van der Waals surface area contributed by atoms with Gasteiger partial charge in [0.15, 0.2) is 0 Å². The molecule has 0 radical (unpaired) electrons. The molecule has 0 aliphatic carbocycles. The molecular weight excluding hydrogens is 224 g/mol. The smallest absolute Gasteiger partial charge is 0.129 e. The van der Waals surface area contributed by atoms with E-state index in [0.29, 0.717) is 12.0 Å². The molecule has 1 fully saturated rings. The molecular formula is C14H24N4. The van der Waals surface area contributed by atoms with Crippen molar-refractivity contribution in [3.63, 3.8) is 0 Å². The van der Waals surface area contributed by atoms with Crippen LogP contribution in [0.25, 0.3) is 0 Å². The van der Waals surface area contributed by atoms with Crippen molar-refractivity contribution in [2.45, 2.75) is 39.7 Å². The van der Waals surface area contributed by atoms with Crippen molar-refractivity contribution in [1.82, 2.24) is 14.9 Å². The van der Waals surface area contributed by atoms with Crippen LogP contribution in [0.3, 0.4) is 0 Å². The van der Waals surface area contributed by atoms with Gasteiger partial charge in [-0.15, -0.1) is 0 Å². The Labute approximate surface area is 110 Å². The van der Waals surface area contributed by atoms with Gasteiger partial charge in [-0.3, -0.25) is 4.90 Å². The highest BCUT2D eigenvalue weighted by molar-refractivity contribution is 5.33. The Bertz CT molecular complexity index is 372. The van der Waals surface area contributed by atoms with Crippen molar-refractivity contribution >= 4 is 5.82 Å². The lowest BCUT2D eigenvalue weighted by Gasteiger charge is -2.31. The maximum absolute atomic E-state index is 4.39. The molecule has 0 spiro atoms. The van der Waals surface area contributed by atoms with Crippen LogP contribution in [0.2, 0.25) is 0 Å². The summed E-state index contributed by atoms with van der Waals surface area (Å²) in [4.78, 5) is 11.1. The van der Waals surface area contributed by atoms with Crippen LogP contribution >= 0.6 is 0 Å². The second kappa shape index (κ2) is 6.14. The first kappa shape index (κ1) is 13.3. The van der Waals surface area contributed by atoms with Gasteiger partial charge in [0.2, 0.25) is 0 Å². The number of anilines is 1. The molecule has 18 heavy (non-hydrogen) atoms. The third kappa shape index (κ3) is 3.42. The Kier molecular flexibility index (Phi) is 4.53. The monoisotopic (exact) mass is 248 g/mol. The van der Waals surface area contributed by atoms with E-state index in [1.807, 2.05) is 19.2 Å². The Balaban J connectivity index is 1.93. The van der Waals surface area contributed by atoms with Crippen molar-refractivity contribution < 1.29 is 0 Å². The van der Waals surface area contributed by atoms with Crippen molar-refractivity contribution in [3.8, 4) is 0 Å². The van der Waals surface area contributed by atoms with E-state index < -0.39 is 0 Å². The van der Waals surface area contributed by atoms with Crippen LogP contribution in [0, 0.1) is 12.8 Å². The van der Waals surface area contributed by atoms with E-state index in [1.165, 1.54) is 25.9 Å². The van der Waals surface area contributed by atoms with Crippen LogP contribution in [0.15, 0.2) is 12.3 Å². The Morgan fingerprint density at radius 3 is 2.67 bits per heavy atom. The van der Waals surface area contributed by atoms with Crippen LogP contribution in [0.1, 0.15) is 32.5 Å². The lowest BCUT2D eigenvalue weighted by Crippen LogP contribution is -2.42. The number of hydrogen-bond donors (Lipinski definition) is 1. The first-order chi connectivity index (χ1) is 8.66. The lowest BCUT2D eigenvalue weighted by atomic mass is 10.0. The first-order valence-corrected chi connectivity index (χ1v) is 6.94. The summed E-state index contributed by atoms with van der Waals surface area (Å²) in [6, 6.07) is 2.54. The van der Waals surface area contributed by atoms with Gasteiger partial charge in [0.1, 0.15) is 11.6 Å². The second-order valence-electron chi connectivity index (χ2n) is 5.42. The number of hydrogen-bond acceptors (Lipinski definition) is 4. The van der Waals surface area contributed by atoms with Gasteiger partial charge >= 0.3 is 0 Å². The van der Waals surface area contributed by atoms with Gasteiger partial charge < -0.3 is 5.32 Å². The maximum atomic E-state index is 4.39. The molecule has 1 aromatic heterocycles. The van der Waals surface area contributed by atoms with E-state index >= 15 is 0 Å². The van der Waals surface area contributed by atoms with Gasteiger partial charge in [-0.2, -0.15) is 0 Å². The molecule has 1 N–H and O–H groups in total. The molecule has 1 aliphatic heterocycles. The predicted octanol–water partition coefficient (Wildman–Crippen LogP) is 2.32. The number of aromatic nitrogens is 2. The van der Waals surface area contributed by atoms with Crippen molar-refractivity contribution in [2.75, 3.05) is 25.0 Å². The molecule has 2 rings (SSSR count). The summed E-state index contributed by atoms with van der Waals surface area (Å²) in [6.07, 6.45) is 4.50. The summed E-state index contributed by atoms with van der Waals surface area (Å²) in [5.41, 5.74) is 0. The minimum Gasteiger partial charge on any atom is -0.368 e. The molecule has 0 aromatic carbocycles. The summed E-state index contributed by atoms with van der Waals surface area (Å²) in [7, 11) is 0. The molecule has 0 amide bonds. The fourth-order valence-corrected chi connectivity index (χ4v) is 2.62. The highest BCUT2D eigenvalue weighted by atomic mass is 15.2. The summed E-state index contributed by atoms with van der Waals surface area (Å²) in [5.74, 6) is 2.42. The summed E-state index contributed by atoms with van der Waals surface area (Å²) < 4.78 is 0. The number of aryl methyl sites for hydroxylation is 1. The summed E-state index contributed by atoms with van der Waals surface area (Å²) in [6.45, 7) is 9.98. The Morgan fingerprint density at radius 2 is 2.06 bits per heavy atom. The molecule has 0 saturated carbocycles. The molecule has 2 heterocycles. The largest absolute Gasteiger partial charge is 0.368 e. The molecule has 1 unspecified atom stereocenters. The Morgan fingerprint density at radius 1 is 1.33 bits per heavy atom. The van der Waals surface area contributed by atoms with E-state index in [4.69, 9.17) is 0 Å². The number of rotatable bonds is 5. The molecule has 1 atom stereocenters. The van der Waals surface area contributed by atoms with Gasteiger partial charge in [0, 0.05) is 18.8 Å². The number of likely N-dealkylation sites (tertiary alicyclic amines) is 1.